The van der Waals surface area contributed by atoms with E-state index in [9.17, 15) is 9.59 Å². The molecule has 6 nitrogen and oxygen atoms in total. The molecule has 1 aliphatic heterocycles. The molecule has 3 unspecified atom stereocenters. The Morgan fingerprint density at radius 1 is 1.42 bits per heavy atom. The van der Waals surface area contributed by atoms with Crippen LogP contribution in [0.2, 0.25) is 0 Å². The number of carbonyl (C=O) groups excluding carboxylic acids is 1. The molecular formula is C17H23NO5S. The van der Waals surface area contributed by atoms with E-state index in [1.807, 2.05) is 13.0 Å². The number of methoxy groups -OCH3 is 1. The number of rotatable bonds is 6. The van der Waals surface area contributed by atoms with E-state index in [2.05, 4.69) is 0 Å². The summed E-state index contributed by atoms with van der Waals surface area (Å²) in [5, 5.41) is 8.48. The van der Waals surface area contributed by atoms with Crippen LogP contribution in [0.4, 0.5) is 0 Å². The van der Waals surface area contributed by atoms with Gasteiger partial charge in [-0.1, -0.05) is 12.1 Å². The van der Waals surface area contributed by atoms with E-state index < -0.39 is 11.2 Å². The highest BCUT2D eigenvalue weighted by Crippen LogP contribution is 2.28. The van der Waals surface area contributed by atoms with Crippen molar-refractivity contribution in [1.29, 1.82) is 0 Å². The van der Waals surface area contributed by atoms with Crippen LogP contribution in [-0.2, 0) is 14.3 Å². The van der Waals surface area contributed by atoms with Crippen LogP contribution >= 0.6 is 11.8 Å². The number of hydrogen-bond acceptors (Lipinski definition) is 5. The van der Waals surface area contributed by atoms with Gasteiger partial charge in [0, 0.05) is 25.1 Å². The van der Waals surface area contributed by atoms with Gasteiger partial charge in [-0.25, -0.2) is 0 Å². The zero-order valence-corrected chi connectivity index (χ0v) is 14.9. The van der Waals surface area contributed by atoms with Gasteiger partial charge in [-0.3, -0.25) is 9.59 Å². The van der Waals surface area contributed by atoms with Crippen LogP contribution in [0.5, 0.6) is 0 Å². The summed E-state index contributed by atoms with van der Waals surface area (Å²) in [4.78, 5) is 26.5. The average Bonchev–Trinajstić information content (AvgIpc) is 2.54. The van der Waals surface area contributed by atoms with Crippen LogP contribution in [0.3, 0.4) is 0 Å². The second-order valence-corrected chi connectivity index (χ2v) is 7.21. The molecule has 2 rings (SSSR count). The minimum atomic E-state index is -0.901. The number of carboxylic acids is 1. The fourth-order valence-corrected chi connectivity index (χ4v) is 3.57. The Morgan fingerprint density at radius 2 is 2.12 bits per heavy atom. The van der Waals surface area contributed by atoms with Crippen molar-refractivity contribution in [2.24, 2.45) is 0 Å². The summed E-state index contributed by atoms with van der Waals surface area (Å²) in [6.07, 6.45) is -0.221. The van der Waals surface area contributed by atoms with Gasteiger partial charge >= 0.3 is 5.97 Å². The lowest BCUT2D eigenvalue weighted by Gasteiger charge is -2.36. The molecule has 24 heavy (non-hydrogen) atoms. The first kappa shape index (κ1) is 18.8. The highest BCUT2D eigenvalue weighted by molar-refractivity contribution is 8.00. The minimum Gasteiger partial charge on any atom is -0.480 e. The molecule has 1 aromatic rings. The lowest BCUT2D eigenvalue weighted by molar-refractivity contribution is -0.136. The third-order valence-electron chi connectivity index (χ3n) is 3.74. The maximum absolute atomic E-state index is 12.9. The summed E-state index contributed by atoms with van der Waals surface area (Å²) in [7, 11) is 1.61. The average molecular weight is 353 g/mol. The van der Waals surface area contributed by atoms with E-state index in [4.69, 9.17) is 14.6 Å². The Bertz CT molecular complexity index is 594. The molecular weight excluding hydrogens is 330 g/mol. The molecule has 1 aliphatic rings. The van der Waals surface area contributed by atoms with Gasteiger partial charge in [-0.2, -0.15) is 0 Å². The van der Waals surface area contributed by atoms with Crippen molar-refractivity contribution in [2.75, 3.05) is 26.8 Å². The molecule has 7 heteroatoms. The smallest absolute Gasteiger partial charge is 0.316 e. The largest absolute Gasteiger partial charge is 0.480 e. The Morgan fingerprint density at radius 3 is 2.79 bits per heavy atom. The zero-order chi connectivity index (χ0) is 17.7. The lowest BCUT2D eigenvalue weighted by Crippen LogP contribution is -2.50. The third-order valence-corrected chi connectivity index (χ3v) is 4.90. The standard InChI is InChI=1S/C17H23NO5S/c1-11-8-18(9-13(23-11)10-22-3)16(19)14-6-4-5-7-15(14)24-12(2)17(20)21/h4-7,11-13H,8-10H2,1-3H3,(H,20,21). The number of carboxylic acid groups (broad SMARTS) is 1. The summed E-state index contributed by atoms with van der Waals surface area (Å²) < 4.78 is 10.9. The molecule has 1 heterocycles. The van der Waals surface area contributed by atoms with E-state index in [1.165, 1.54) is 11.8 Å². The summed E-state index contributed by atoms with van der Waals surface area (Å²) in [5.41, 5.74) is 0.529. The topological polar surface area (TPSA) is 76.1 Å². The summed E-state index contributed by atoms with van der Waals surface area (Å²) >= 11 is 1.18. The Balaban J connectivity index is 2.18. The van der Waals surface area contributed by atoms with Crippen LogP contribution in [-0.4, -0.2) is 66.1 Å². The minimum absolute atomic E-state index is 0.0689. The van der Waals surface area contributed by atoms with Crippen molar-refractivity contribution in [2.45, 2.75) is 36.2 Å². The molecule has 1 N–H and O–H groups in total. The normalized spacial score (nSPS) is 22.2. The number of amides is 1. The first-order valence-electron chi connectivity index (χ1n) is 7.84. The van der Waals surface area contributed by atoms with Crippen LogP contribution in [0, 0.1) is 0 Å². The van der Waals surface area contributed by atoms with Gasteiger partial charge in [0.1, 0.15) is 5.25 Å². The summed E-state index contributed by atoms with van der Waals surface area (Å²) in [6, 6.07) is 7.13. The summed E-state index contributed by atoms with van der Waals surface area (Å²) in [5.74, 6) is -1.01. The molecule has 0 radical (unpaired) electrons. The first-order chi connectivity index (χ1) is 11.4. The molecule has 132 valence electrons. The number of ether oxygens (including phenoxy) is 2. The predicted octanol–water partition coefficient (Wildman–Crippen LogP) is 2.13. The summed E-state index contributed by atoms with van der Waals surface area (Å²) in [6.45, 7) is 4.94. The number of aliphatic carboxylic acids is 1. The molecule has 1 fully saturated rings. The van der Waals surface area contributed by atoms with E-state index in [0.29, 0.717) is 30.2 Å². The maximum atomic E-state index is 12.9. The Labute approximate surface area is 146 Å². The van der Waals surface area contributed by atoms with Gasteiger partial charge in [0.2, 0.25) is 0 Å². The van der Waals surface area contributed by atoms with E-state index >= 15 is 0 Å². The molecule has 0 aromatic heterocycles. The predicted molar refractivity (Wildman–Crippen MR) is 91.5 cm³/mol. The van der Waals surface area contributed by atoms with Crippen LogP contribution in [0.25, 0.3) is 0 Å². The van der Waals surface area contributed by atoms with Gasteiger partial charge in [0.25, 0.3) is 5.91 Å². The van der Waals surface area contributed by atoms with E-state index in [0.717, 1.165) is 0 Å². The van der Waals surface area contributed by atoms with Crippen LogP contribution < -0.4 is 0 Å². The van der Waals surface area contributed by atoms with Crippen molar-refractivity contribution >= 4 is 23.6 Å². The number of carbonyl (C=O) groups is 2. The van der Waals surface area contributed by atoms with Gasteiger partial charge in [-0.05, 0) is 26.0 Å². The molecule has 0 bridgehead atoms. The maximum Gasteiger partial charge on any atom is 0.316 e. The first-order valence-corrected chi connectivity index (χ1v) is 8.72. The van der Waals surface area contributed by atoms with E-state index in [-0.39, 0.29) is 18.1 Å². The van der Waals surface area contributed by atoms with Crippen molar-refractivity contribution < 1.29 is 24.2 Å². The highest BCUT2D eigenvalue weighted by atomic mass is 32.2. The van der Waals surface area contributed by atoms with Crippen molar-refractivity contribution in [3.63, 3.8) is 0 Å². The fourth-order valence-electron chi connectivity index (χ4n) is 2.65. The molecule has 1 saturated heterocycles. The van der Waals surface area contributed by atoms with Crippen LogP contribution in [0.1, 0.15) is 24.2 Å². The lowest BCUT2D eigenvalue weighted by atomic mass is 10.1. The second-order valence-electron chi connectivity index (χ2n) is 5.83. The SMILES string of the molecule is COCC1CN(C(=O)c2ccccc2SC(C)C(=O)O)CC(C)O1. The van der Waals surface area contributed by atoms with Gasteiger partial charge in [-0.15, -0.1) is 11.8 Å². The number of hydrogen-bond donors (Lipinski definition) is 1. The fraction of sp³-hybridized carbons (Fsp3) is 0.529. The molecule has 3 atom stereocenters. The Hall–Kier alpha value is -1.57. The third kappa shape index (κ3) is 4.72. The Kier molecular flexibility index (Phi) is 6.65. The van der Waals surface area contributed by atoms with Gasteiger partial charge < -0.3 is 19.5 Å². The van der Waals surface area contributed by atoms with E-state index in [1.54, 1.807) is 37.1 Å². The quantitative estimate of drug-likeness (QED) is 0.790. The zero-order valence-electron chi connectivity index (χ0n) is 14.1. The number of morpholine rings is 1. The monoisotopic (exact) mass is 353 g/mol. The molecule has 0 saturated carbocycles. The van der Waals surface area contributed by atoms with Crippen molar-refractivity contribution in [3.8, 4) is 0 Å². The second kappa shape index (κ2) is 8.50. The molecule has 1 amide bonds. The number of nitrogens with zero attached hydrogens (tertiary/aromatic N) is 1. The van der Waals surface area contributed by atoms with Crippen LogP contribution in [0.15, 0.2) is 29.2 Å². The van der Waals surface area contributed by atoms with Crippen molar-refractivity contribution in [1.82, 2.24) is 4.90 Å². The van der Waals surface area contributed by atoms with Gasteiger partial charge in [0.15, 0.2) is 0 Å². The number of thioether (sulfide) groups is 1. The van der Waals surface area contributed by atoms with Crippen molar-refractivity contribution in [3.05, 3.63) is 29.8 Å². The van der Waals surface area contributed by atoms with Gasteiger partial charge in [0.05, 0.1) is 24.4 Å². The number of benzene rings is 1. The molecule has 0 aliphatic carbocycles. The highest BCUT2D eigenvalue weighted by Gasteiger charge is 2.30. The molecule has 1 aromatic carbocycles. The molecule has 0 spiro atoms.